The van der Waals surface area contributed by atoms with E-state index in [0.29, 0.717) is 18.8 Å². The number of ether oxygens (including phenoxy) is 5. The molecule has 0 aromatic heterocycles. The molecule has 2 saturated heterocycles. The summed E-state index contributed by atoms with van der Waals surface area (Å²) in [5.74, 6) is -1.74. The van der Waals surface area contributed by atoms with Crippen LogP contribution in [0.25, 0.3) is 0 Å². The molecule has 2 aliphatic rings. The van der Waals surface area contributed by atoms with Gasteiger partial charge in [-0.15, -0.1) is 0 Å². The van der Waals surface area contributed by atoms with Crippen molar-refractivity contribution in [2.75, 3.05) is 26.4 Å². The lowest BCUT2D eigenvalue weighted by Crippen LogP contribution is -2.17. The minimum Gasteiger partial charge on any atom is -0.459 e. The van der Waals surface area contributed by atoms with Crippen molar-refractivity contribution in [3.63, 3.8) is 0 Å². The quantitative estimate of drug-likeness (QED) is 0.273. The average Bonchev–Trinajstić information content (AvgIpc) is 3.57. The van der Waals surface area contributed by atoms with Crippen LogP contribution in [-0.2, 0) is 28.5 Å². The van der Waals surface area contributed by atoms with Crippen LogP contribution in [0.1, 0.15) is 46.2 Å². The summed E-state index contributed by atoms with van der Waals surface area (Å²) >= 11 is 0. The van der Waals surface area contributed by atoms with E-state index >= 15 is 0 Å². The van der Waals surface area contributed by atoms with E-state index in [9.17, 15) is 14.4 Å². The molecule has 3 atom stereocenters. The van der Waals surface area contributed by atoms with Crippen molar-refractivity contribution >= 4 is 17.9 Å². The first-order valence-corrected chi connectivity index (χ1v) is 8.93. The topological polar surface area (TPSA) is 104 Å². The zero-order chi connectivity index (χ0) is 20.3. The van der Waals surface area contributed by atoms with Crippen LogP contribution in [0.5, 0.6) is 0 Å². The number of benzene rings is 1. The molecule has 2 aliphatic heterocycles. The Morgan fingerprint density at radius 2 is 1.68 bits per heavy atom. The molecule has 0 saturated carbocycles. The van der Waals surface area contributed by atoms with Crippen LogP contribution < -0.4 is 0 Å². The van der Waals surface area contributed by atoms with Gasteiger partial charge in [0, 0.05) is 11.1 Å². The van der Waals surface area contributed by atoms with Crippen molar-refractivity contribution in [2.45, 2.75) is 32.2 Å². The molecule has 3 rings (SSSR count). The van der Waals surface area contributed by atoms with Crippen LogP contribution >= 0.6 is 0 Å². The van der Waals surface area contributed by atoms with Crippen LogP contribution in [0.15, 0.2) is 30.4 Å². The Kier molecular flexibility index (Phi) is 6.11. The summed E-state index contributed by atoms with van der Waals surface area (Å²) in [6.07, 6.45) is -0.939. The Bertz CT molecular complexity index is 791. The van der Waals surface area contributed by atoms with Crippen molar-refractivity contribution in [2.24, 2.45) is 0 Å². The van der Waals surface area contributed by atoms with E-state index in [2.05, 4.69) is 6.58 Å². The summed E-state index contributed by atoms with van der Waals surface area (Å²) in [7, 11) is 0. The molecule has 150 valence electrons. The second-order valence-electron chi connectivity index (χ2n) is 6.74. The lowest BCUT2D eigenvalue weighted by molar-refractivity contribution is -0.143. The van der Waals surface area contributed by atoms with E-state index in [1.165, 1.54) is 25.1 Å². The smallest absolute Gasteiger partial charge is 0.338 e. The van der Waals surface area contributed by atoms with Crippen LogP contribution in [0.2, 0.25) is 0 Å². The molecule has 2 fully saturated rings. The first-order chi connectivity index (χ1) is 13.3. The fourth-order valence-corrected chi connectivity index (χ4v) is 2.36. The van der Waals surface area contributed by atoms with Crippen molar-refractivity contribution in [1.82, 2.24) is 0 Å². The minimum atomic E-state index is -0.802. The van der Waals surface area contributed by atoms with E-state index in [1.807, 2.05) is 0 Å². The summed E-state index contributed by atoms with van der Waals surface area (Å²) in [4.78, 5) is 36.6. The lowest BCUT2D eigenvalue weighted by atomic mass is 9.99. The van der Waals surface area contributed by atoms with Gasteiger partial charge in [-0.1, -0.05) is 6.58 Å². The van der Waals surface area contributed by atoms with E-state index in [1.54, 1.807) is 6.92 Å². The first kappa shape index (κ1) is 20.0. The summed E-state index contributed by atoms with van der Waals surface area (Å²) in [6.45, 7) is 8.10. The SMILES string of the molecule is C=C(C)C(=O)OC(C)c1cc(C(=O)OCC2CO2)ccc1C(=O)OCC1CO1. The van der Waals surface area contributed by atoms with Gasteiger partial charge in [0.05, 0.1) is 24.3 Å². The number of hydrogen-bond donors (Lipinski definition) is 0. The van der Waals surface area contributed by atoms with Gasteiger partial charge in [-0.3, -0.25) is 0 Å². The fraction of sp³-hybridized carbons (Fsp3) is 0.450. The van der Waals surface area contributed by atoms with Gasteiger partial charge in [-0.05, 0) is 32.0 Å². The van der Waals surface area contributed by atoms with Crippen LogP contribution in [0, 0.1) is 0 Å². The highest BCUT2D eigenvalue weighted by Gasteiger charge is 2.28. The summed E-state index contributed by atoms with van der Waals surface area (Å²) in [5.41, 5.74) is 0.996. The van der Waals surface area contributed by atoms with Gasteiger partial charge >= 0.3 is 17.9 Å². The molecule has 0 bridgehead atoms. The van der Waals surface area contributed by atoms with Crippen LogP contribution in [-0.4, -0.2) is 56.5 Å². The fourth-order valence-electron chi connectivity index (χ4n) is 2.36. The number of epoxide rings is 2. The van der Waals surface area contributed by atoms with E-state index < -0.39 is 24.0 Å². The maximum atomic E-state index is 12.5. The Balaban J connectivity index is 1.79. The predicted molar refractivity (Wildman–Crippen MR) is 95.8 cm³/mol. The molecule has 0 amide bonds. The third kappa shape index (κ3) is 5.40. The van der Waals surface area contributed by atoms with Gasteiger partial charge in [0.15, 0.2) is 0 Å². The van der Waals surface area contributed by atoms with Crippen LogP contribution in [0.3, 0.4) is 0 Å². The molecule has 28 heavy (non-hydrogen) atoms. The van der Waals surface area contributed by atoms with Crippen molar-refractivity contribution in [1.29, 1.82) is 0 Å². The van der Waals surface area contributed by atoms with E-state index in [4.69, 9.17) is 23.7 Å². The molecular weight excluding hydrogens is 368 g/mol. The largest absolute Gasteiger partial charge is 0.459 e. The van der Waals surface area contributed by atoms with Crippen molar-refractivity contribution in [3.05, 3.63) is 47.0 Å². The Hall–Kier alpha value is -2.71. The lowest BCUT2D eigenvalue weighted by Gasteiger charge is -2.18. The second kappa shape index (κ2) is 8.53. The molecular formula is C20H22O8. The molecule has 3 unspecified atom stereocenters. The number of carbonyl (C=O) groups excluding carboxylic acids is 3. The maximum Gasteiger partial charge on any atom is 0.338 e. The van der Waals surface area contributed by atoms with E-state index in [-0.39, 0.29) is 42.1 Å². The summed E-state index contributed by atoms with van der Waals surface area (Å²) < 4.78 is 25.8. The predicted octanol–water partition coefficient (Wildman–Crippen LogP) is 1.98. The summed E-state index contributed by atoms with van der Waals surface area (Å²) in [6, 6.07) is 4.40. The molecule has 0 aliphatic carbocycles. The van der Waals surface area contributed by atoms with E-state index in [0.717, 1.165) is 0 Å². The summed E-state index contributed by atoms with van der Waals surface area (Å²) in [5, 5.41) is 0. The average molecular weight is 390 g/mol. The molecule has 0 spiro atoms. The Labute approximate surface area is 162 Å². The normalized spacial score (nSPS) is 20.6. The Morgan fingerprint density at radius 3 is 2.21 bits per heavy atom. The van der Waals surface area contributed by atoms with Gasteiger partial charge in [0.25, 0.3) is 0 Å². The van der Waals surface area contributed by atoms with Crippen LogP contribution in [0.4, 0.5) is 0 Å². The highest BCUT2D eigenvalue weighted by Crippen LogP contribution is 2.25. The molecule has 0 N–H and O–H groups in total. The third-order valence-corrected chi connectivity index (χ3v) is 4.18. The zero-order valence-electron chi connectivity index (χ0n) is 15.8. The van der Waals surface area contributed by atoms with Gasteiger partial charge in [0.1, 0.15) is 31.5 Å². The van der Waals surface area contributed by atoms with Gasteiger partial charge < -0.3 is 23.7 Å². The molecule has 2 heterocycles. The zero-order valence-corrected chi connectivity index (χ0v) is 15.8. The van der Waals surface area contributed by atoms with Crippen molar-refractivity contribution in [3.8, 4) is 0 Å². The standard InChI is InChI=1S/C20H22O8/c1-11(2)18(21)28-12(3)17-6-13(19(22)26-9-14-7-24-14)4-5-16(17)20(23)27-10-15-8-25-15/h4-6,12,14-15H,1,7-10H2,2-3H3. The highest BCUT2D eigenvalue weighted by molar-refractivity contribution is 5.95. The third-order valence-electron chi connectivity index (χ3n) is 4.18. The number of carbonyl (C=O) groups is 3. The number of rotatable bonds is 9. The minimum absolute atomic E-state index is 0.0576. The monoisotopic (exact) mass is 390 g/mol. The molecule has 8 nitrogen and oxygen atoms in total. The first-order valence-electron chi connectivity index (χ1n) is 8.93. The number of esters is 3. The molecule has 8 heteroatoms. The highest BCUT2D eigenvalue weighted by atomic mass is 16.6. The number of hydrogen-bond acceptors (Lipinski definition) is 8. The maximum absolute atomic E-state index is 12.5. The molecule has 1 aromatic rings. The van der Waals surface area contributed by atoms with Gasteiger partial charge in [0.2, 0.25) is 0 Å². The van der Waals surface area contributed by atoms with Gasteiger partial charge in [-0.25, -0.2) is 14.4 Å². The Morgan fingerprint density at radius 1 is 1.11 bits per heavy atom. The van der Waals surface area contributed by atoms with Crippen molar-refractivity contribution < 1.29 is 38.1 Å². The van der Waals surface area contributed by atoms with Gasteiger partial charge in [-0.2, -0.15) is 0 Å². The second-order valence-corrected chi connectivity index (χ2v) is 6.74. The molecule has 1 aromatic carbocycles. The molecule has 0 radical (unpaired) electrons.